The van der Waals surface area contributed by atoms with Crippen molar-refractivity contribution >= 4 is 5.97 Å². The zero-order valence-corrected chi connectivity index (χ0v) is 12.7. The molecule has 19 heavy (non-hydrogen) atoms. The summed E-state index contributed by atoms with van der Waals surface area (Å²) in [5, 5.41) is 8.64. The van der Waals surface area contributed by atoms with Crippen LogP contribution in [-0.4, -0.2) is 37.1 Å². The third-order valence-corrected chi connectivity index (χ3v) is 2.82. The van der Waals surface area contributed by atoms with Crippen LogP contribution in [0.3, 0.4) is 0 Å². The molecule has 0 aromatic rings. The standard InChI is InChI=1S/C15H28N2O2/c1-4-19-15(18)9-6-5-7-11-17(12-8-10-16)13-14(2)3/h14H,4-9,11-13H2,1-3H3. The van der Waals surface area contributed by atoms with Gasteiger partial charge >= 0.3 is 5.97 Å². The molecule has 0 spiro atoms. The number of nitriles is 1. The van der Waals surface area contributed by atoms with E-state index in [0.717, 1.165) is 38.9 Å². The Morgan fingerprint density at radius 3 is 2.58 bits per heavy atom. The van der Waals surface area contributed by atoms with E-state index in [1.54, 1.807) is 0 Å². The van der Waals surface area contributed by atoms with Crippen LogP contribution in [-0.2, 0) is 9.53 Å². The Kier molecular flexibility index (Phi) is 11.3. The highest BCUT2D eigenvalue weighted by molar-refractivity contribution is 5.69. The predicted octanol–water partition coefficient (Wildman–Crippen LogP) is 2.98. The lowest BCUT2D eigenvalue weighted by molar-refractivity contribution is -0.143. The van der Waals surface area contributed by atoms with Crippen molar-refractivity contribution in [1.29, 1.82) is 5.26 Å². The first-order valence-electron chi connectivity index (χ1n) is 7.35. The summed E-state index contributed by atoms with van der Waals surface area (Å²) in [6, 6.07) is 2.20. The third-order valence-electron chi connectivity index (χ3n) is 2.82. The fourth-order valence-electron chi connectivity index (χ4n) is 2.03. The van der Waals surface area contributed by atoms with Crippen molar-refractivity contribution in [3.05, 3.63) is 0 Å². The van der Waals surface area contributed by atoms with Crippen molar-refractivity contribution in [3.8, 4) is 6.07 Å². The summed E-state index contributed by atoms with van der Waals surface area (Å²) in [5.74, 6) is 0.532. The van der Waals surface area contributed by atoms with Crippen LogP contribution in [0, 0.1) is 17.2 Å². The van der Waals surface area contributed by atoms with Gasteiger partial charge in [0.15, 0.2) is 0 Å². The molecule has 4 nitrogen and oxygen atoms in total. The zero-order chi connectivity index (χ0) is 14.5. The minimum atomic E-state index is -0.0917. The maximum atomic E-state index is 11.2. The number of nitrogens with zero attached hydrogens (tertiary/aromatic N) is 2. The number of hydrogen-bond donors (Lipinski definition) is 0. The van der Waals surface area contributed by atoms with Crippen LogP contribution in [0.1, 0.15) is 52.9 Å². The van der Waals surface area contributed by atoms with Gasteiger partial charge in [0.2, 0.25) is 0 Å². The lowest BCUT2D eigenvalue weighted by atomic mass is 10.1. The minimum Gasteiger partial charge on any atom is -0.466 e. The van der Waals surface area contributed by atoms with Gasteiger partial charge in [-0.3, -0.25) is 4.79 Å². The lowest BCUT2D eigenvalue weighted by Crippen LogP contribution is -2.29. The first-order chi connectivity index (χ1) is 9.10. The minimum absolute atomic E-state index is 0.0917. The van der Waals surface area contributed by atoms with Gasteiger partial charge < -0.3 is 9.64 Å². The second-order valence-corrected chi connectivity index (χ2v) is 5.22. The Hall–Kier alpha value is -1.08. The summed E-state index contributed by atoms with van der Waals surface area (Å²) >= 11 is 0. The summed E-state index contributed by atoms with van der Waals surface area (Å²) in [4.78, 5) is 13.5. The van der Waals surface area contributed by atoms with Gasteiger partial charge in [0, 0.05) is 25.9 Å². The maximum Gasteiger partial charge on any atom is 0.305 e. The Labute approximate surface area is 117 Å². The first-order valence-corrected chi connectivity index (χ1v) is 7.35. The molecule has 0 heterocycles. The van der Waals surface area contributed by atoms with Gasteiger partial charge in [-0.1, -0.05) is 20.3 Å². The summed E-state index contributed by atoms with van der Waals surface area (Å²) in [7, 11) is 0. The molecule has 0 saturated carbocycles. The van der Waals surface area contributed by atoms with E-state index in [-0.39, 0.29) is 5.97 Å². The molecule has 0 atom stereocenters. The number of esters is 1. The molecule has 0 N–H and O–H groups in total. The molecule has 0 radical (unpaired) electrons. The van der Waals surface area contributed by atoms with Gasteiger partial charge in [-0.25, -0.2) is 0 Å². The van der Waals surface area contributed by atoms with E-state index < -0.39 is 0 Å². The third kappa shape index (κ3) is 11.7. The van der Waals surface area contributed by atoms with Crippen LogP contribution >= 0.6 is 0 Å². The highest BCUT2D eigenvalue weighted by Crippen LogP contribution is 2.06. The fraction of sp³-hybridized carbons (Fsp3) is 0.867. The highest BCUT2D eigenvalue weighted by atomic mass is 16.5. The zero-order valence-electron chi connectivity index (χ0n) is 12.7. The molecule has 0 rings (SSSR count). The van der Waals surface area contributed by atoms with Gasteiger partial charge in [-0.15, -0.1) is 0 Å². The summed E-state index contributed by atoms with van der Waals surface area (Å²) in [6.07, 6.45) is 4.13. The number of carbonyl (C=O) groups is 1. The van der Waals surface area contributed by atoms with Crippen molar-refractivity contribution < 1.29 is 9.53 Å². The molecule has 0 amide bonds. The van der Waals surface area contributed by atoms with E-state index in [1.807, 2.05) is 6.92 Å². The van der Waals surface area contributed by atoms with Crippen molar-refractivity contribution in [2.24, 2.45) is 5.92 Å². The van der Waals surface area contributed by atoms with Crippen molar-refractivity contribution in [3.63, 3.8) is 0 Å². The molecule has 0 fully saturated rings. The Morgan fingerprint density at radius 2 is 2.00 bits per heavy atom. The molecule has 0 aliphatic rings. The molecule has 0 unspecified atom stereocenters. The van der Waals surface area contributed by atoms with Gasteiger partial charge in [-0.2, -0.15) is 5.26 Å². The quantitative estimate of drug-likeness (QED) is 0.427. The summed E-state index contributed by atoms with van der Waals surface area (Å²) in [6.45, 7) is 9.60. The van der Waals surface area contributed by atoms with Gasteiger partial charge in [0.05, 0.1) is 12.7 Å². The molecule has 4 heteroatoms. The van der Waals surface area contributed by atoms with Crippen molar-refractivity contribution in [1.82, 2.24) is 4.90 Å². The maximum absolute atomic E-state index is 11.2. The van der Waals surface area contributed by atoms with E-state index in [9.17, 15) is 4.79 Å². The summed E-state index contributed by atoms with van der Waals surface area (Å²) < 4.78 is 4.89. The van der Waals surface area contributed by atoms with E-state index in [0.29, 0.717) is 25.4 Å². The average Bonchev–Trinajstić information content (AvgIpc) is 2.35. The first kappa shape index (κ1) is 17.9. The number of rotatable bonds is 11. The van der Waals surface area contributed by atoms with Gasteiger partial charge in [0.1, 0.15) is 0 Å². The van der Waals surface area contributed by atoms with Crippen LogP contribution in [0.4, 0.5) is 0 Å². The number of hydrogen-bond acceptors (Lipinski definition) is 4. The molecule has 0 aliphatic carbocycles. The predicted molar refractivity (Wildman–Crippen MR) is 76.6 cm³/mol. The SMILES string of the molecule is CCOC(=O)CCCCCN(CCC#N)CC(C)C. The van der Waals surface area contributed by atoms with Crippen LogP contribution in [0.15, 0.2) is 0 Å². The molecule has 110 valence electrons. The average molecular weight is 268 g/mol. The highest BCUT2D eigenvalue weighted by Gasteiger charge is 2.07. The van der Waals surface area contributed by atoms with Crippen molar-refractivity contribution in [2.75, 3.05) is 26.2 Å². The molecular weight excluding hydrogens is 240 g/mol. The van der Waals surface area contributed by atoms with Gasteiger partial charge in [-0.05, 0) is 32.2 Å². The molecule has 0 bridgehead atoms. The molecule has 0 aromatic heterocycles. The van der Waals surface area contributed by atoms with Crippen molar-refractivity contribution in [2.45, 2.75) is 52.9 Å². The van der Waals surface area contributed by atoms with Gasteiger partial charge in [0.25, 0.3) is 0 Å². The molecule has 0 saturated heterocycles. The lowest BCUT2D eigenvalue weighted by Gasteiger charge is -2.23. The molecular formula is C15H28N2O2. The Balaban J connectivity index is 3.68. The molecule has 0 aromatic carbocycles. The normalized spacial score (nSPS) is 10.7. The van der Waals surface area contributed by atoms with Crippen LogP contribution in [0.5, 0.6) is 0 Å². The molecule has 0 aliphatic heterocycles. The number of unbranched alkanes of at least 4 members (excludes halogenated alkanes) is 2. The largest absolute Gasteiger partial charge is 0.466 e. The van der Waals surface area contributed by atoms with Crippen LogP contribution < -0.4 is 0 Å². The second kappa shape index (κ2) is 12.0. The van der Waals surface area contributed by atoms with E-state index in [2.05, 4.69) is 24.8 Å². The number of ether oxygens (including phenoxy) is 1. The van der Waals surface area contributed by atoms with Crippen LogP contribution in [0.25, 0.3) is 0 Å². The van der Waals surface area contributed by atoms with E-state index in [1.165, 1.54) is 0 Å². The smallest absolute Gasteiger partial charge is 0.305 e. The Morgan fingerprint density at radius 1 is 1.26 bits per heavy atom. The summed E-state index contributed by atoms with van der Waals surface area (Å²) in [5.41, 5.74) is 0. The van der Waals surface area contributed by atoms with E-state index in [4.69, 9.17) is 10.00 Å². The topological polar surface area (TPSA) is 53.3 Å². The number of carbonyl (C=O) groups excluding carboxylic acids is 1. The second-order valence-electron chi connectivity index (χ2n) is 5.22. The monoisotopic (exact) mass is 268 g/mol. The Bertz CT molecular complexity index is 272. The fourth-order valence-corrected chi connectivity index (χ4v) is 2.03. The van der Waals surface area contributed by atoms with E-state index >= 15 is 0 Å². The van der Waals surface area contributed by atoms with Crippen LogP contribution in [0.2, 0.25) is 0 Å².